The maximum Gasteiger partial charge on any atom is 0.192 e. The predicted molar refractivity (Wildman–Crippen MR) is 120 cm³/mol. The highest BCUT2D eigenvalue weighted by molar-refractivity contribution is 14.0. The van der Waals surface area contributed by atoms with Gasteiger partial charge >= 0.3 is 0 Å². The van der Waals surface area contributed by atoms with Gasteiger partial charge in [-0.05, 0) is 31.5 Å². The highest BCUT2D eigenvalue weighted by atomic mass is 127. The highest BCUT2D eigenvalue weighted by Gasteiger charge is 2.13. The first-order valence-electron chi connectivity index (χ1n) is 9.01. The van der Waals surface area contributed by atoms with Gasteiger partial charge in [0.1, 0.15) is 18.0 Å². The van der Waals surface area contributed by atoms with E-state index in [1.54, 1.807) is 6.92 Å². The van der Waals surface area contributed by atoms with E-state index in [-0.39, 0.29) is 30.0 Å². The summed E-state index contributed by atoms with van der Waals surface area (Å²) in [6.07, 6.45) is 1.46. The molecule has 0 spiro atoms. The Morgan fingerprint density at radius 1 is 1.21 bits per heavy atom. The van der Waals surface area contributed by atoms with Crippen LogP contribution in [0.4, 0.5) is 8.78 Å². The number of nitrogens with one attached hydrogen (secondary N) is 3. The van der Waals surface area contributed by atoms with E-state index < -0.39 is 11.6 Å². The number of rotatable bonds is 6. The van der Waals surface area contributed by atoms with Gasteiger partial charge in [-0.15, -0.1) is 24.0 Å². The van der Waals surface area contributed by atoms with Gasteiger partial charge in [0.2, 0.25) is 0 Å². The summed E-state index contributed by atoms with van der Waals surface area (Å²) in [5.41, 5.74) is 2.29. The monoisotopic (exact) mass is 512 g/mol. The molecule has 1 atom stereocenters. The third-order valence-corrected chi connectivity index (χ3v) is 4.16. The van der Waals surface area contributed by atoms with Crippen molar-refractivity contribution in [2.75, 3.05) is 6.54 Å². The van der Waals surface area contributed by atoms with Gasteiger partial charge in [-0.3, -0.25) is 5.10 Å². The van der Waals surface area contributed by atoms with Crippen LogP contribution in [-0.2, 0) is 6.54 Å². The van der Waals surface area contributed by atoms with Crippen LogP contribution in [0.2, 0.25) is 0 Å². The van der Waals surface area contributed by atoms with E-state index in [2.05, 4.69) is 30.8 Å². The zero-order chi connectivity index (χ0) is 19.9. The summed E-state index contributed by atoms with van der Waals surface area (Å²) in [6.45, 7) is 4.83. The number of benzene rings is 2. The van der Waals surface area contributed by atoms with Crippen LogP contribution in [-0.4, -0.2) is 27.7 Å². The SMILES string of the molecule is CCNC(=NCc1cccc(-c2ncn[nH]2)c1)NC(C)c1ccc(F)cc1F.I. The molecule has 1 unspecified atom stereocenters. The van der Waals surface area contributed by atoms with Gasteiger partial charge in [-0.2, -0.15) is 5.10 Å². The molecule has 0 saturated heterocycles. The van der Waals surface area contributed by atoms with Crippen LogP contribution in [0.25, 0.3) is 11.4 Å². The van der Waals surface area contributed by atoms with Crippen molar-refractivity contribution in [3.63, 3.8) is 0 Å². The van der Waals surface area contributed by atoms with Crippen molar-refractivity contribution in [2.24, 2.45) is 4.99 Å². The number of halogens is 3. The lowest BCUT2D eigenvalue weighted by atomic mass is 10.1. The first-order chi connectivity index (χ1) is 13.6. The van der Waals surface area contributed by atoms with Crippen LogP contribution in [0.1, 0.15) is 31.0 Å². The van der Waals surface area contributed by atoms with Crippen LogP contribution in [0.15, 0.2) is 53.8 Å². The summed E-state index contributed by atoms with van der Waals surface area (Å²) in [7, 11) is 0. The predicted octanol–water partition coefficient (Wildman–Crippen LogP) is 4.18. The summed E-state index contributed by atoms with van der Waals surface area (Å²) in [5, 5.41) is 13.0. The molecule has 3 rings (SSSR count). The molecule has 1 aromatic heterocycles. The molecule has 0 bridgehead atoms. The van der Waals surface area contributed by atoms with Crippen LogP contribution in [0.3, 0.4) is 0 Å². The van der Waals surface area contributed by atoms with E-state index in [4.69, 9.17) is 0 Å². The molecule has 0 aliphatic carbocycles. The summed E-state index contributed by atoms with van der Waals surface area (Å²) in [5.74, 6) is 0.0522. The molecule has 0 aliphatic rings. The molecule has 0 amide bonds. The van der Waals surface area contributed by atoms with Crippen molar-refractivity contribution in [3.8, 4) is 11.4 Å². The molecule has 3 aromatic rings. The molecular weight excluding hydrogens is 489 g/mol. The van der Waals surface area contributed by atoms with Gasteiger partial charge in [0, 0.05) is 23.7 Å². The quantitative estimate of drug-likeness (QED) is 0.263. The van der Waals surface area contributed by atoms with Crippen LogP contribution in [0.5, 0.6) is 0 Å². The lowest BCUT2D eigenvalue weighted by Crippen LogP contribution is -2.39. The molecular formula is C20H23F2IN6. The van der Waals surface area contributed by atoms with Gasteiger partial charge in [0.05, 0.1) is 12.6 Å². The Morgan fingerprint density at radius 3 is 2.72 bits per heavy atom. The van der Waals surface area contributed by atoms with E-state index in [9.17, 15) is 8.78 Å². The zero-order valence-electron chi connectivity index (χ0n) is 16.1. The molecule has 0 fully saturated rings. The zero-order valence-corrected chi connectivity index (χ0v) is 18.4. The molecule has 29 heavy (non-hydrogen) atoms. The third-order valence-electron chi connectivity index (χ3n) is 4.16. The van der Waals surface area contributed by atoms with E-state index in [0.29, 0.717) is 30.4 Å². The fraction of sp³-hybridized carbons (Fsp3) is 0.250. The standard InChI is InChI=1S/C20H22F2N6.HI/c1-3-23-20(27-13(2)17-8-7-16(21)10-18(17)22)24-11-14-5-4-6-15(9-14)19-25-12-26-28-19;/h4-10,12-13H,3,11H2,1-2H3,(H2,23,24,27)(H,25,26,28);1H. The molecule has 0 radical (unpaired) electrons. The fourth-order valence-corrected chi connectivity index (χ4v) is 2.79. The second kappa shape index (κ2) is 10.8. The first-order valence-corrected chi connectivity index (χ1v) is 9.01. The number of hydrogen-bond acceptors (Lipinski definition) is 3. The Hall–Kier alpha value is -2.56. The summed E-state index contributed by atoms with van der Waals surface area (Å²) in [4.78, 5) is 8.72. The number of nitrogens with zero attached hydrogens (tertiary/aromatic N) is 3. The van der Waals surface area contributed by atoms with Gasteiger partial charge in [-0.25, -0.2) is 18.8 Å². The Morgan fingerprint density at radius 2 is 2.03 bits per heavy atom. The van der Waals surface area contributed by atoms with E-state index in [0.717, 1.165) is 17.2 Å². The maximum atomic E-state index is 14.0. The molecule has 0 saturated carbocycles. The third kappa shape index (κ3) is 6.21. The number of H-pyrrole nitrogens is 1. The smallest absolute Gasteiger partial charge is 0.192 e. The summed E-state index contributed by atoms with van der Waals surface area (Å²) >= 11 is 0. The van der Waals surface area contributed by atoms with Crippen molar-refractivity contribution < 1.29 is 8.78 Å². The fourth-order valence-electron chi connectivity index (χ4n) is 2.79. The van der Waals surface area contributed by atoms with Gasteiger partial charge in [-0.1, -0.05) is 24.3 Å². The Labute approximate surface area is 185 Å². The van der Waals surface area contributed by atoms with Crippen molar-refractivity contribution in [3.05, 3.63) is 71.6 Å². The van der Waals surface area contributed by atoms with Crippen LogP contribution in [0, 0.1) is 11.6 Å². The minimum atomic E-state index is -0.597. The highest BCUT2D eigenvalue weighted by Crippen LogP contribution is 2.18. The van der Waals surface area contributed by atoms with Gasteiger partial charge in [0.15, 0.2) is 11.8 Å². The largest absolute Gasteiger partial charge is 0.357 e. The Kier molecular flexibility index (Phi) is 8.50. The average Bonchev–Trinajstić information content (AvgIpc) is 3.21. The molecule has 1 heterocycles. The Bertz CT molecular complexity index is 946. The number of aliphatic imine (C=N–C) groups is 1. The van der Waals surface area contributed by atoms with Crippen LogP contribution >= 0.6 is 24.0 Å². The normalized spacial score (nSPS) is 12.2. The van der Waals surface area contributed by atoms with Gasteiger partial charge in [0.25, 0.3) is 0 Å². The summed E-state index contributed by atoms with van der Waals surface area (Å²) in [6, 6.07) is 11.0. The minimum Gasteiger partial charge on any atom is -0.357 e. The molecule has 0 aliphatic heterocycles. The average molecular weight is 512 g/mol. The van der Waals surface area contributed by atoms with E-state index >= 15 is 0 Å². The van der Waals surface area contributed by atoms with Crippen molar-refractivity contribution in [1.29, 1.82) is 0 Å². The topological polar surface area (TPSA) is 78.0 Å². The molecule has 6 nitrogen and oxygen atoms in total. The number of aromatic nitrogens is 3. The van der Waals surface area contributed by atoms with Crippen molar-refractivity contribution >= 4 is 29.9 Å². The Balaban J connectivity index is 0.00000300. The minimum absolute atomic E-state index is 0. The van der Waals surface area contributed by atoms with Crippen molar-refractivity contribution in [2.45, 2.75) is 26.4 Å². The molecule has 3 N–H and O–H groups in total. The second-order valence-electron chi connectivity index (χ2n) is 6.26. The van der Waals surface area contributed by atoms with E-state index in [1.165, 1.54) is 18.5 Å². The first kappa shape index (κ1) is 22.7. The van der Waals surface area contributed by atoms with E-state index in [1.807, 2.05) is 31.2 Å². The lowest BCUT2D eigenvalue weighted by molar-refractivity contribution is 0.551. The molecule has 9 heteroatoms. The lowest BCUT2D eigenvalue weighted by Gasteiger charge is -2.18. The second-order valence-corrected chi connectivity index (χ2v) is 6.26. The van der Waals surface area contributed by atoms with Crippen LogP contribution < -0.4 is 10.6 Å². The maximum absolute atomic E-state index is 14.0. The van der Waals surface area contributed by atoms with Crippen molar-refractivity contribution in [1.82, 2.24) is 25.8 Å². The molecule has 154 valence electrons. The number of hydrogen-bond donors (Lipinski definition) is 3. The number of guanidine groups is 1. The molecule has 2 aromatic carbocycles. The number of aromatic amines is 1. The van der Waals surface area contributed by atoms with Gasteiger partial charge < -0.3 is 10.6 Å². The summed E-state index contributed by atoms with van der Waals surface area (Å²) < 4.78 is 27.1.